The van der Waals surface area contributed by atoms with E-state index in [1.807, 2.05) is 0 Å². The Morgan fingerprint density at radius 1 is 1.10 bits per heavy atom. The fourth-order valence-corrected chi connectivity index (χ4v) is 2.14. The van der Waals surface area contributed by atoms with E-state index >= 15 is 0 Å². The first-order valence-electron chi connectivity index (χ1n) is 2.86. The number of hydrogen-bond donors (Lipinski definition) is 0. The van der Waals surface area contributed by atoms with Gasteiger partial charge in [0.1, 0.15) is 0 Å². The smallest absolute Gasteiger partial charge is 0.164 e. The molecular weight excluding hydrogens is 183 g/mol. The van der Waals surface area contributed by atoms with Crippen molar-refractivity contribution in [3.05, 3.63) is 0 Å². The molecule has 0 radical (unpaired) electrons. The average molecular weight is 193 g/mol. The average Bonchev–Trinajstić information content (AvgIpc) is 1.87. The van der Waals surface area contributed by atoms with Gasteiger partial charge < -0.3 is 0 Å². The van der Waals surface area contributed by atoms with E-state index in [0.29, 0.717) is 5.66 Å². The van der Waals surface area contributed by atoms with Crippen LogP contribution >= 0.6 is 25.4 Å². The van der Waals surface area contributed by atoms with Crippen LogP contribution in [0.4, 0.5) is 0 Å². The van der Waals surface area contributed by atoms with Crippen LogP contribution in [-0.2, 0) is 0 Å². The third kappa shape index (κ3) is 8.30. The Morgan fingerprint density at radius 3 is 2.30 bits per heavy atom. The number of hydrogen-bond acceptors (Lipinski definition) is 1. The summed E-state index contributed by atoms with van der Waals surface area (Å²) in [4.78, 5) is 0. The zero-order valence-electron chi connectivity index (χ0n) is 6.26. The van der Waals surface area contributed by atoms with Crippen LogP contribution in [0, 0.1) is 0 Å². The Hall–Kier alpha value is 0.300. The van der Waals surface area contributed by atoms with Crippen LogP contribution in [0.3, 0.4) is 0 Å². The van der Waals surface area contributed by atoms with Crippen LogP contribution in [0.5, 0.6) is 0 Å². The first kappa shape index (κ1) is 10.3. The minimum atomic E-state index is 0.609. The van der Waals surface area contributed by atoms with Gasteiger partial charge in [0.05, 0.1) is 0 Å². The Labute approximate surface area is 66.4 Å². The SMILES string of the molecule is CN=PN=PN=PC(C)C. The van der Waals surface area contributed by atoms with Crippen molar-refractivity contribution < 1.29 is 0 Å². The Bertz CT molecular complexity index is 152. The topological polar surface area (TPSA) is 37.1 Å². The number of nitrogens with zero attached hydrogens (tertiary/aromatic N) is 3. The molecule has 0 heterocycles. The minimum Gasteiger partial charge on any atom is -0.250 e. The van der Waals surface area contributed by atoms with Gasteiger partial charge in [-0.25, -0.2) is 4.74 Å². The second-order valence-electron chi connectivity index (χ2n) is 1.77. The lowest BCUT2D eigenvalue weighted by Crippen LogP contribution is -1.72. The summed E-state index contributed by atoms with van der Waals surface area (Å²) < 4.78 is 11.9. The Balaban J connectivity index is 3.51. The van der Waals surface area contributed by atoms with Crippen molar-refractivity contribution >= 4 is 25.4 Å². The van der Waals surface area contributed by atoms with Gasteiger partial charge in [-0.05, 0) is 0 Å². The molecule has 0 unspecified atom stereocenters. The third-order valence-corrected chi connectivity index (χ3v) is 2.51. The highest BCUT2D eigenvalue weighted by atomic mass is 31.1. The van der Waals surface area contributed by atoms with E-state index in [2.05, 4.69) is 27.6 Å². The largest absolute Gasteiger partial charge is 0.250 e. The predicted octanol–water partition coefficient (Wildman–Crippen LogP) is 4.24. The molecule has 0 atom stereocenters. The van der Waals surface area contributed by atoms with Gasteiger partial charge in [-0.1, -0.05) is 13.8 Å². The van der Waals surface area contributed by atoms with Crippen molar-refractivity contribution in [1.29, 1.82) is 0 Å². The van der Waals surface area contributed by atoms with E-state index in [-0.39, 0.29) is 0 Å². The molecule has 0 bridgehead atoms. The maximum atomic E-state index is 4.12. The molecule has 56 valence electrons. The third-order valence-electron chi connectivity index (χ3n) is 0.492. The molecule has 0 aromatic rings. The van der Waals surface area contributed by atoms with Gasteiger partial charge in [0, 0.05) is 21.1 Å². The normalized spacial score (nSPS) is 13.2. The van der Waals surface area contributed by atoms with Gasteiger partial charge >= 0.3 is 0 Å². The highest BCUT2D eigenvalue weighted by molar-refractivity contribution is 7.43. The van der Waals surface area contributed by atoms with E-state index in [4.69, 9.17) is 0 Å². The lowest BCUT2D eigenvalue weighted by Gasteiger charge is -1.84. The van der Waals surface area contributed by atoms with Crippen LogP contribution in [0.2, 0.25) is 0 Å². The predicted molar refractivity (Wildman–Crippen MR) is 49.1 cm³/mol. The molecule has 10 heavy (non-hydrogen) atoms. The van der Waals surface area contributed by atoms with Crippen molar-refractivity contribution in [3.63, 3.8) is 0 Å². The molecule has 0 aliphatic rings. The summed E-state index contributed by atoms with van der Waals surface area (Å²) in [6.45, 7) is 4.25. The Kier molecular flexibility index (Phi) is 7.63. The zero-order valence-corrected chi connectivity index (χ0v) is 8.94. The quantitative estimate of drug-likeness (QED) is 0.601. The maximum absolute atomic E-state index is 4.12. The summed E-state index contributed by atoms with van der Waals surface area (Å²) in [5.41, 5.74) is 0.609. The fraction of sp³-hybridized carbons (Fsp3) is 1.00. The fourth-order valence-electron chi connectivity index (χ4n) is 0.202. The van der Waals surface area contributed by atoms with Crippen LogP contribution in [0.15, 0.2) is 13.8 Å². The molecule has 0 aliphatic carbocycles. The summed E-state index contributed by atoms with van der Waals surface area (Å²) in [7, 11) is 4.43. The summed E-state index contributed by atoms with van der Waals surface area (Å²) in [6.07, 6.45) is 0. The van der Waals surface area contributed by atoms with E-state index < -0.39 is 0 Å². The molecule has 0 aromatic carbocycles. The molecule has 0 saturated carbocycles. The first-order chi connectivity index (χ1) is 4.77. The summed E-state index contributed by atoms with van der Waals surface area (Å²) >= 11 is 0. The van der Waals surface area contributed by atoms with Crippen molar-refractivity contribution in [1.82, 2.24) is 0 Å². The molecule has 0 aliphatic heterocycles. The van der Waals surface area contributed by atoms with E-state index in [9.17, 15) is 0 Å². The molecule has 0 fully saturated rings. The Morgan fingerprint density at radius 2 is 1.80 bits per heavy atom. The van der Waals surface area contributed by atoms with Gasteiger partial charge in [0.15, 0.2) is 17.0 Å². The first-order valence-corrected chi connectivity index (χ1v) is 5.38. The van der Waals surface area contributed by atoms with Crippen LogP contribution in [-0.4, -0.2) is 12.7 Å². The van der Waals surface area contributed by atoms with Crippen LogP contribution in [0.25, 0.3) is 0 Å². The lowest BCUT2D eigenvalue weighted by atomic mass is 10.6. The van der Waals surface area contributed by atoms with Gasteiger partial charge in [-0.3, -0.25) is 0 Å². The standard InChI is InChI=1S/C4H10N3P3/c1-4(2)8-6-10-7-9-5-3/h4H,1-3H3. The van der Waals surface area contributed by atoms with Gasteiger partial charge in [-0.15, -0.1) is 0 Å². The highest BCUT2D eigenvalue weighted by Gasteiger charge is 1.82. The molecule has 0 N–H and O–H groups in total. The van der Waals surface area contributed by atoms with Gasteiger partial charge in [0.25, 0.3) is 0 Å². The van der Waals surface area contributed by atoms with Crippen LogP contribution < -0.4 is 0 Å². The second kappa shape index (κ2) is 7.41. The van der Waals surface area contributed by atoms with Crippen molar-refractivity contribution in [2.45, 2.75) is 19.5 Å². The van der Waals surface area contributed by atoms with E-state index in [0.717, 1.165) is 25.4 Å². The monoisotopic (exact) mass is 193 g/mol. The maximum Gasteiger partial charge on any atom is 0.164 e. The molecule has 0 saturated heterocycles. The second-order valence-corrected chi connectivity index (χ2v) is 5.22. The molecule has 0 spiro atoms. The van der Waals surface area contributed by atoms with Crippen molar-refractivity contribution in [2.75, 3.05) is 7.05 Å². The van der Waals surface area contributed by atoms with E-state index in [1.54, 1.807) is 7.05 Å². The minimum absolute atomic E-state index is 0.609. The van der Waals surface area contributed by atoms with Crippen molar-refractivity contribution in [2.24, 2.45) is 13.8 Å². The van der Waals surface area contributed by atoms with Gasteiger partial charge in [0.2, 0.25) is 0 Å². The molecule has 0 aromatic heterocycles. The van der Waals surface area contributed by atoms with Crippen LogP contribution in [0.1, 0.15) is 13.8 Å². The van der Waals surface area contributed by atoms with Gasteiger partial charge in [-0.2, -0.15) is 9.03 Å². The molecule has 6 heteroatoms. The van der Waals surface area contributed by atoms with E-state index in [1.165, 1.54) is 0 Å². The summed E-state index contributed by atoms with van der Waals surface area (Å²) in [5, 5.41) is 0. The van der Waals surface area contributed by atoms with Crippen molar-refractivity contribution in [3.8, 4) is 0 Å². The molecule has 0 rings (SSSR count). The summed E-state index contributed by atoms with van der Waals surface area (Å²) in [6, 6.07) is 0. The highest BCUT2D eigenvalue weighted by Crippen LogP contribution is 2.19. The molecular formula is C4H10N3P3. The summed E-state index contributed by atoms with van der Waals surface area (Å²) in [5.74, 6) is 0. The molecule has 3 nitrogen and oxygen atoms in total. The zero-order chi connectivity index (χ0) is 7.82. The number of rotatable bonds is 3. The lowest BCUT2D eigenvalue weighted by molar-refractivity contribution is 1.11. The molecule has 0 amide bonds.